The molecule has 1 aliphatic heterocycles. The fourth-order valence-corrected chi connectivity index (χ4v) is 5.11. The first kappa shape index (κ1) is 20.5. The van der Waals surface area contributed by atoms with Crippen molar-refractivity contribution in [3.63, 3.8) is 0 Å². The number of hydrogen-bond donors (Lipinski definition) is 0. The van der Waals surface area contributed by atoms with Crippen LogP contribution in [0.3, 0.4) is 0 Å². The van der Waals surface area contributed by atoms with Crippen LogP contribution in [-0.2, 0) is 16.4 Å². The second kappa shape index (κ2) is 8.15. The number of halogens is 1. The van der Waals surface area contributed by atoms with Gasteiger partial charge in [-0.05, 0) is 65.2 Å². The summed E-state index contributed by atoms with van der Waals surface area (Å²) in [6, 6.07) is 10.9. The molecule has 0 saturated carbocycles. The predicted octanol–water partition coefficient (Wildman–Crippen LogP) is 2.49. The Morgan fingerprint density at radius 2 is 2.07 bits per heavy atom. The Morgan fingerprint density at radius 1 is 1.23 bits per heavy atom. The van der Waals surface area contributed by atoms with Crippen LogP contribution in [0, 0.1) is 5.82 Å². The molecule has 8 nitrogen and oxygen atoms in total. The quantitative estimate of drug-likeness (QED) is 0.423. The number of rotatable bonds is 6. The molecule has 0 fully saturated rings. The highest BCUT2D eigenvalue weighted by molar-refractivity contribution is 7.99. The normalized spacial score (nSPS) is 13.9. The topological polar surface area (TPSA) is 98.1 Å². The monoisotopic (exact) mass is 447 g/mol. The zero-order valence-electron chi connectivity index (χ0n) is 16.0. The lowest BCUT2D eigenvalue weighted by molar-refractivity contribution is 0.102. The number of carbonyl (C=O) groups excluding carboxylic acids is 1. The van der Waals surface area contributed by atoms with Crippen molar-refractivity contribution in [1.82, 2.24) is 20.2 Å². The Labute approximate surface area is 177 Å². The summed E-state index contributed by atoms with van der Waals surface area (Å²) in [5, 5.41) is 11.8. The van der Waals surface area contributed by atoms with Crippen LogP contribution in [-0.4, -0.2) is 53.0 Å². The van der Waals surface area contributed by atoms with Crippen LogP contribution in [0.15, 0.2) is 47.6 Å². The minimum absolute atomic E-state index is 0.0876. The number of nitrogens with zero attached hydrogens (tertiary/aromatic N) is 5. The number of benzene rings is 2. The molecule has 156 valence electrons. The Balaban J connectivity index is 1.51. The summed E-state index contributed by atoms with van der Waals surface area (Å²) in [7, 11) is -3.35. The van der Waals surface area contributed by atoms with E-state index in [1.807, 2.05) is 0 Å². The van der Waals surface area contributed by atoms with Crippen molar-refractivity contribution in [2.45, 2.75) is 18.0 Å². The van der Waals surface area contributed by atoms with Gasteiger partial charge in [0, 0.05) is 12.1 Å². The van der Waals surface area contributed by atoms with Crippen LogP contribution in [0.4, 0.5) is 10.1 Å². The number of sulfonamides is 1. The van der Waals surface area contributed by atoms with E-state index in [1.54, 1.807) is 30.3 Å². The van der Waals surface area contributed by atoms with Crippen LogP contribution >= 0.6 is 11.8 Å². The third-order valence-electron chi connectivity index (χ3n) is 4.70. The van der Waals surface area contributed by atoms with E-state index in [2.05, 4.69) is 15.5 Å². The highest BCUT2D eigenvalue weighted by atomic mass is 32.2. The summed E-state index contributed by atoms with van der Waals surface area (Å²) in [6.45, 7) is 0.442. The number of aryl methyl sites for hydroxylation is 1. The van der Waals surface area contributed by atoms with Gasteiger partial charge in [0.25, 0.3) is 0 Å². The molecule has 2 heterocycles. The van der Waals surface area contributed by atoms with Crippen molar-refractivity contribution in [3.8, 4) is 5.69 Å². The molecule has 0 bridgehead atoms. The third kappa shape index (κ3) is 4.21. The van der Waals surface area contributed by atoms with Crippen LogP contribution in [0.25, 0.3) is 5.69 Å². The molecule has 11 heteroatoms. The number of hydrogen-bond acceptors (Lipinski definition) is 7. The Kier molecular flexibility index (Phi) is 5.56. The summed E-state index contributed by atoms with van der Waals surface area (Å²) >= 11 is 1.15. The van der Waals surface area contributed by atoms with Gasteiger partial charge in [-0.25, -0.2) is 12.8 Å². The second-order valence-corrected chi connectivity index (χ2v) is 9.70. The summed E-state index contributed by atoms with van der Waals surface area (Å²) < 4.78 is 40.2. The molecule has 1 aromatic heterocycles. The standard InChI is InChI=1S/C19H18FN5O3S2/c1-30(27,28)24-9-3-4-13-10-14(7-8-17(13)24)18(26)12-29-19-21-22-23-25(19)16-6-2-5-15(20)11-16/h2,5-8,10-11H,3-4,9,12H2,1H3. The van der Waals surface area contributed by atoms with E-state index in [4.69, 9.17) is 0 Å². The van der Waals surface area contributed by atoms with Gasteiger partial charge in [-0.1, -0.05) is 17.8 Å². The molecule has 0 spiro atoms. The molecule has 2 aromatic carbocycles. The Hall–Kier alpha value is -2.79. The molecule has 30 heavy (non-hydrogen) atoms. The molecular weight excluding hydrogens is 429 g/mol. The van der Waals surface area contributed by atoms with Gasteiger partial charge >= 0.3 is 0 Å². The maximum absolute atomic E-state index is 13.5. The van der Waals surface area contributed by atoms with Gasteiger partial charge < -0.3 is 0 Å². The fraction of sp³-hybridized carbons (Fsp3) is 0.263. The van der Waals surface area contributed by atoms with Gasteiger partial charge in [-0.2, -0.15) is 4.68 Å². The van der Waals surface area contributed by atoms with Gasteiger partial charge in [0.2, 0.25) is 15.2 Å². The Morgan fingerprint density at radius 3 is 2.83 bits per heavy atom. The van der Waals surface area contributed by atoms with E-state index in [0.29, 0.717) is 41.5 Å². The van der Waals surface area contributed by atoms with Crippen molar-refractivity contribution in [1.29, 1.82) is 0 Å². The average Bonchev–Trinajstić information content (AvgIpc) is 3.19. The maximum Gasteiger partial charge on any atom is 0.232 e. The van der Waals surface area contributed by atoms with Crippen molar-refractivity contribution in [3.05, 3.63) is 59.4 Å². The summed E-state index contributed by atoms with van der Waals surface area (Å²) in [5.74, 6) is -0.454. The molecule has 0 radical (unpaired) electrons. The zero-order valence-corrected chi connectivity index (χ0v) is 17.7. The van der Waals surface area contributed by atoms with E-state index in [-0.39, 0.29) is 11.5 Å². The maximum atomic E-state index is 13.5. The lowest BCUT2D eigenvalue weighted by atomic mass is 9.99. The number of carbonyl (C=O) groups is 1. The molecule has 0 N–H and O–H groups in total. The first-order valence-corrected chi connectivity index (χ1v) is 12.0. The van der Waals surface area contributed by atoms with E-state index >= 15 is 0 Å². The van der Waals surface area contributed by atoms with Crippen molar-refractivity contribution >= 4 is 33.3 Å². The number of tetrazole rings is 1. The molecule has 0 amide bonds. The van der Waals surface area contributed by atoms with E-state index in [1.165, 1.54) is 27.4 Å². The minimum atomic E-state index is -3.35. The molecule has 0 atom stereocenters. The molecular formula is C19H18FN5O3S2. The summed E-state index contributed by atoms with van der Waals surface area (Å²) in [5.41, 5.74) is 2.43. The predicted molar refractivity (Wildman–Crippen MR) is 111 cm³/mol. The third-order valence-corrected chi connectivity index (χ3v) is 6.80. The van der Waals surface area contributed by atoms with Gasteiger partial charge in [-0.3, -0.25) is 9.10 Å². The van der Waals surface area contributed by atoms with Gasteiger partial charge in [0.05, 0.1) is 23.4 Å². The highest BCUT2D eigenvalue weighted by Crippen LogP contribution is 2.30. The number of Topliss-reactive ketones (excluding diaryl/α,β-unsaturated/α-hetero) is 1. The van der Waals surface area contributed by atoms with Gasteiger partial charge in [0.15, 0.2) is 5.78 Å². The number of ketones is 1. The molecule has 1 aliphatic rings. The average molecular weight is 448 g/mol. The first-order chi connectivity index (χ1) is 14.3. The van der Waals surface area contributed by atoms with Crippen molar-refractivity contribution < 1.29 is 17.6 Å². The fourth-order valence-electron chi connectivity index (χ4n) is 3.33. The molecule has 3 aromatic rings. The van der Waals surface area contributed by atoms with Crippen LogP contribution in [0.1, 0.15) is 22.3 Å². The summed E-state index contributed by atoms with van der Waals surface area (Å²) in [4.78, 5) is 12.7. The molecule has 0 aliphatic carbocycles. The summed E-state index contributed by atoms with van der Waals surface area (Å²) in [6.07, 6.45) is 2.60. The van der Waals surface area contributed by atoms with Crippen LogP contribution < -0.4 is 4.31 Å². The number of thioether (sulfide) groups is 1. The molecule has 4 rings (SSSR count). The first-order valence-electron chi connectivity index (χ1n) is 9.14. The SMILES string of the molecule is CS(=O)(=O)N1CCCc2cc(C(=O)CSc3nnnn3-c3cccc(F)c3)ccc21. The van der Waals surface area contributed by atoms with Crippen LogP contribution in [0.5, 0.6) is 0 Å². The number of fused-ring (bicyclic) bond motifs is 1. The minimum Gasteiger partial charge on any atom is -0.293 e. The Bertz CT molecular complexity index is 1210. The van der Waals surface area contributed by atoms with Crippen LogP contribution in [0.2, 0.25) is 0 Å². The number of aromatic nitrogens is 4. The molecule has 0 unspecified atom stereocenters. The van der Waals surface area contributed by atoms with E-state index < -0.39 is 15.8 Å². The number of anilines is 1. The van der Waals surface area contributed by atoms with Crippen molar-refractivity contribution in [2.24, 2.45) is 0 Å². The lowest BCUT2D eigenvalue weighted by Gasteiger charge is -2.29. The zero-order chi connectivity index (χ0) is 21.3. The van der Waals surface area contributed by atoms with Gasteiger partial charge in [0.1, 0.15) is 5.82 Å². The highest BCUT2D eigenvalue weighted by Gasteiger charge is 2.25. The van der Waals surface area contributed by atoms with E-state index in [9.17, 15) is 17.6 Å². The van der Waals surface area contributed by atoms with Crippen molar-refractivity contribution in [2.75, 3.05) is 22.9 Å². The largest absolute Gasteiger partial charge is 0.293 e. The van der Waals surface area contributed by atoms with E-state index in [0.717, 1.165) is 17.3 Å². The second-order valence-electron chi connectivity index (χ2n) is 6.85. The lowest BCUT2D eigenvalue weighted by Crippen LogP contribution is -2.34. The van der Waals surface area contributed by atoms with Gasteiger partial charge in [-0.15, -0.1) is 5.10 Å². The smallest absolute Gasteiger partial charge is 0.232 e. The molecule has 0 saturated heterocycles.